The van der Waals surface area contributed by atoms with Gasteiger partial charge in [-0.15, -0.1) is 0 Å². The standard InChI is InChI=1S/C84H102F2N2O4.2CH3.Hf/c1-49-35-57(85)45-65(63-41-55(83(21,22)47-77(3,4)5)43-71(73(63)89)87-67-29-25-51(79(9,10)11)37-59(67)60-38-52(80(12,13)14)26-30-68(60)87)75(49)91-33-34-92-76-50(2)36-58(86)46-66(76)64-42-56(84(23,24)48-78(6,7)8)44-72(74(64)90)88-69-31-27-53(81(15,16)17)39-61(69)62-40-54(82(18,19)20)28-32-70(62)88;;;/h25-32,35-46,89-90H,33-34,47-48H2,1-24H3;2*1H3;/q;2*-1;. The predicted molar refractivity (Wildman–Crippen MR) is 398 cm³/mol. The van der Waals surface area contributed by atoms with Crippen LogP contribution in [0.25, 0.3) is 77.2 Å². The molecule has 2 heterocycles. The monoisotopic (exact) mass is 1450 g/mol. The fraction of sp³-hybridized carbons (Fsp3) is 0.419. The number of rotatable bonds is 13. The van der Waals surface area contributed by atoms with Gasteiger partial charge in [-0.05, 0) is 212 Å². The van der Waals surface area contributed by atoms with E-state index in [-0.39, 0.29) is 97.9 Å². The van der Waals surface area contributed by atoms with Crippen molar-refractivity contribution in [2.75, 3.05) is 13.2 Å². The van der Waals surface area contributed by atoms with Gasteiger partial charge in [-0.3, -0.25) is 0 Å². The molecule has 0 amide bonds. The van der Waals surface area contributed by atoms with Crippen molar-refractivity contribution < 1.29 is 54.3 Å². The Kier molecular flexibility index (Phi) is 20.9. The van der Waals surface area contributed by atoms with E-state index in [4.69, 9.17) is 9.47 Å². The van der Waals surface area contributed by atoms with Gasteiger partial charge in [0.25, 0.3) is 0 Å². The van der Waals surface area contributed by atoms with Crippen LogP contribution >= 0.6 is 0 Å². The summed E-state index contributed by atoms with van der Waals surface area (Å²) in [6.45, 7) is 52.8. The van der Waals surface area contributed by atoms with Crippen LogP contribution in [0.1, 0.15) is 210 Å². The Morgan fingerprint density at radius 2 is 0.611 bits per heavy atom. The van der Waals surface area contributed by atoms with Crippen molar-refractivity contribution in [1.82, 2.24) is 9.13 Å². The Labute approximate surface area is 587 Å². The number of phenols is 2. The first-order valence-corrected chi connectivity index (χ1v) is 33.1. The number of halogens is 2. The quantitative estimate of drug-likeness (QED) is 0.0686. The van der Waals surface area contributed by atoms with Crippen molar-refractivity contribution in [3.8, 4) is 56.6 Å². The van der Waals surface area contributed by atoms with Gasteiger partial charge in [-0.25, -0.2) is 8.78 Å². The summed E-state index contributed by atoms with van der Waals surface area (Å²) in [6, 6.07) is 40.8. The SMILES string of the molecule is Cc1cc(F)cc(-c2cc(C(C)(C)CC(C)(C)C)cc(-n3c4ccc(C(C)(C)C)cc4c4cc(C(C)(C)C)ccc43)c2O)c1OCCOc1c(C)cc(F)cc1-c1cc(C(C)(C)CC(C)(C)C)cc(-n2c3ccc(C(C)(C)C)cc3c3cc(C(C)(C)C)ccc32)c1O.[CH3-].[CH3-].[Hf]. The minimum atomic E-state index is -0.466. The van der Waals surface area contributed by atoms with Gasteiger partial charge in [0.2, 0.25) is 0 Å². The van der Waals surface area contributed by atoms with E-state index in [9.17, 15) is 10.2 Å². The average Bonchev–Trinajstić information content (AvgIpc) is 1.62. The van der Waals surface area contributed by atoms with Crippen LogP contribution in [0.15, 0.2) is 121 Å². The van der Waals surface area contributed by atoms with E-state index in [1.54, 1.807) is 0 Å². The minimum Gasteiger partial charge on any atom is -0.505 e. The molecule has 95 heavy (non-hydrogen) atoms. The van der Waals surface area contributed by atoms with Crippen molar-refractivity contribution in [2.24, 2.45) is 10.8 Å². The number of nitrogens with zero attached hydrogens (tertiary/aromatic N) is 2. The molecule has 0 aliphatic carbocycles. The number of aryl methyl sites for hydroxylation is 2. The second-order valence-corrected chi connectivity index (χ2v) is 34.5. The molecular formula is C86H108F2HfN2O4-2. The number of aromatic nitrogens is 2. The van der Waals surface area contributed by atoms with Crippen LogP contribution in [-0.2, 0) is 58.3 Å². The molecule has 6 nitrogen and oxygen atoms in total. The summed E-state index contributed by atoms with van der Waals surface area (Å²) < 4.78 is 50.7. The number of hydrogen-bond acceptors (Lipinski definition) is 4. The summed E-state index contributed by atoms with van der Waals surface area (Å²) in [5.41, 5.74) is 13.2. The molecule has 9 heteroatoms. The Bertz CT molecular complexity index is 4100. The second-order valence-electron chi connectivity index (χ2n) is 34.5. The molecule has 2 N–H and O–H groups in total. The van der Waals surface area contributed by atoms with Crippen LogP contribution in [0.2, 0.25) is 0 Å². The Morgan fingerprint density at radius 3 is 0.853 bits per heavy atom. The average molecular weight is 1450 g/mol. The molecule has 0 bridgehead atoms. The normalized spacial score (nSPS) is 12.9. The van der Waals surface area contributed by atoms with Crippen LogP contribution in [0.3, 0.4) is 0 Å². The van der Waals surface area contributed by atoms with Crippen molar-refractivity contribution in [1.29, 1.82) is 0 Å². The number of aromatic hydroxyl groups is 2. The van der Waals surface area contributed by atoms with Gasteiger partial charge >= 0.3 is 0 Å². The molecule has 10 aromatic rings. The van der Waals surface area contributed by atoms with Gasteiger partial charge in [-0.1, -0.05) is 177 Å². The van der Waals surface area contributed by atoms with Gasteiger partial charge in [0.1, 0.15) is 47.8 Å². The molecular weight excluding hydrogens is 1340 g/mol. The maximum absolute atomic E-state index is 16.3. The summed E-state index contributed by atoms with van der Waals surface area (Å²) in [6.07, 6.45) is 1.65. The molecule has 10 rings (SSSR count). The Morgan fingerprint density at radius 1 is 0.347 bits per heavy atom. The predicted octanol–water partition coefficient (Wildman–Crippen LogP) is 24.5. The summed E-state index contributed by atoms with van der Waals surface area (Å²) in [4.78, 5) is 0. The summed E-state index contributed by atoms with van der Waals surface area (Å²) in [7, 11) is 0. The molecule has 506 valence electrons. The Hall–Kier alpha value is -6.71. The molecule has 0 unspecified atom stereocenters. The van der Waals surface area contributed by atoms with Gasteiger partial charge in [-0.2, -0.15) is 0 Å². The van der Waals surface area contributed by atoms with Gasteiger partial charge < -0.3 is 43.7 Å². The van der Waals surface area contributed by atoms with Crippen molar-refractivity contribution in [3.05, 3.63) is 192 Å². The maximum atomic E-state index is 16.3. The fourth-order valence-corrected chi connectivity index (χ4v) is 14.6. The molecule has 0 saturated carbocycles. The summed E-state index contributed by atoms with van der Waals surface area (Å²) in [5.74, 6) is -0.145. The van der Waals surface area contributed by atoms with E-state index in [2.05, 4.69) is 246 Å². The topological polar surface area (TPSA) is 68.8 Å². The number of phenolic OH excluding ortho intramolecular Hbond substituents is 2. The molecule has 0 atom stereocenters. The van der Waals surface area contributed by atoms with E-state index >= 15 is 8.78 Å². The van der Waals surface area contributed by atoms with E-state index in [0.29, 0.717) is 56.3 Å². The van der Waals surface area contributed by atoms with E-state index in [0.717, 1.165) is 67.6 Å². The van der Waals surface area contributed by atoms with Crippen LogP contribution in [0.4, 0.5) is 8.78 Å². The molecule has 0 radical (unpaired) electrons. The zero-order chi connectivity index (χ0) is 67.7. The molecule has 0 saturated heterocycles. The zero-order valence-electron chi connectivity index (χ0n) is 62.2. The zero-order valence-corrected chi connectivity index (χ0v) is 65.8. The number of hydrogen-bond donors (Lipinski definition) is 2. The minimum absolute atomic E-state index is 0. The third kappa shape index (κ3) is 15.2. The maximum Gasteiger partial charge on any atom is 0.147 e. The first-order valence-electron chi connectivity index (χ1n) is 33.1. The summed E-state index contributed by atoms with van der Waals surface area (Å²) >= 11 is 0. The Balaban J connectivity index is 0.00000425. The van der Waals surface area contributed by atoms with Gasteiger partial charge in [0, 0.05) is 69.6 Å². The number of fused-ring (bicyclic) bond motifs is 6. The van der Waals surface area contributed by atoms with Crippen molar-refractivity contribution >= 4 is 43.6 Å². The van der Waals surface area contributed by atoms with Crippen LogP contribution in [-0.4, -0.2) is 32.6 Å². The van der Waals surface area contributed by atoms with Crippen molar-refractivity contribution in [2.45, 2.75) is 212 Å². The fourth-order valence-electron chi connectivity index (χ4n) is 14.6. The first kappa shape index (κ1) is 75.7. The van der Waals surface area contributed by atoms with E-state index in [1.807, 2.05) is 26.0 Å². The third-order valence-electron chi connectivity index (χ3n) is 18.8. The van der Waals surface area contributed by atoms with Gasteiger partial charge in [0.15, 0.2) is 0 Å². The molecule has 0 aliphatic heterocycles. The molecule has 0 aliphatic rings. The number of benzene rings is 8. The van der Waals surface area contributed by atoms with E-state index < -0.39 is 22.5 Å². The van der Waals surface area contributed by atoms with Gasteiger partial charge in [0.05, 0.1) is 33.4 Å². The second kappa shape index (κ2) is 26.3. The van der Waals surface area contributed by atoms with E-state index in [1.165, 1.54) is 46.5 Å². The molecule has 8 aromatic carbocycles. The molecule has 0 spiro atoms. The first-order chi connectivity index (χ1) is 42.3. The number of ether oxygens (including phenoxy) is 2. The molecule has 2 aromatic heterocycles. The van der Waals surface area contributed by atoms with Crippen LogP contribution < -0.4 is 9.47 Å². The van der Waals surface area contributed by atoms with Crippen molar-refractivity contribution in [3.63, 3.8) is 0 Å². The largest absolute Gasteiger partial charge is 0.505 e. The molecule has 0 fully saturated rings. The van der Waals surface area contributed by atoms with Crippen LogP contribution in [0, 0.1) is 51.2 Å². The van der Waals surface area contributed by atoms with Crippen LogP contribution in [0.5, 0.6) is 23.0 Å². The third-order valence-corrected chi connectivity index (χ3v) is 18.8. The summed E-state index contributed by atoms with van der Waals surface area (Å²) in [5, 5.41) is 30.7. The smallest absolute Gasteiger partial charge is 0.147 e.